The van der Waals surface area contributed by atoms with Crippen LogP contribution >= 0.6 is 0 Å². The lowest BCUT2D eigenvalue weighted by Crippen LogP contribution is -2.48. The molecule has 7 heteroatoms. The number of carbonyl (C=O) groups excluding carboxylic acids is 3. The second-order valence-corrected chi connectivity index (χ2v) is 5.86. The number of urea groups is 1. The lowest BCUT2D eigenvalue weighted by molar-refractivity contribution is -0.146. The van der Waals surface area contributed by atoms with Gasteiger partial charge in [-0.25, -0.2) is 4.79 Å². The Hall–Kier alpha value is -2.41. The molecule has 2 saturated heterocycles. The summed E-state index contributed by atoms with van der Waals surface area (Å²) in [5, 5.41) is 4.58. The van der Waals surface area contributed by atoms with E-state index in [9.17, 15) is 14.4 Å². The highest BCUT2D eigenvalue weighted by Gasteiger charge is 2.35. The molecule has 1 aromatic rings. The number of nitrogens with one attached hydrogen (secondary N) is 2. The summed E-state index contributed by atoms with van der Waals surface area (Å²) in [6.45, 7) is 2.83. The van der Waals surface area contributed by atoms with E-state index in [1.54, 1.807) is 4.90 Å². The fourth-order valence-corrected chi connectivity index (χ4v) is 2.91. The van der Waals surface area contributed by atoms with E-state index in [2.05, 4.69) is 10.6 Å². The van der Waals surface area contributed by atoms with Crippen LogP contribution in [0.2, 0.25) is 0 Å². The van der Waals surface area contributed by atoms with Crippen LogP contribution in [0.15, 0.2) is 30.3 Å². The van der Waals surface area contributed by atoms with Gasteiger partial charge in [-0.1, -0.05) is 30.3 Å². The van der Waals surface area contributed by atoms with Crippen molar-refractivity contribution in [3.8, 4) is 0 Å². The molecule has 2 aliphatic rings. The van der Waals surface area contributed by atoms with Crippen LogP contribution in [0.25, 0.3) is 0 Å². The van der Waals surface area contributed by atoms with Crippen LogP contribution in [0.1, 0.15) is 25.0 Å². The molecule has 2 N–H and O–H groups in total. The van der Waals surface area contributed by atoms with E-state index >= 15 is 0 Å². The van der Waals surface area contributed by atoms with Crippen molar-refractivity contribution in [2.24, 2.45) is 0 Å². The van der Waals surface area contributed by atoms with E-state index in [0.29, 0.717) is 13.1 Å². The fourth-order valence-electron chi connectivity index (χ4n) is 2.91. The van der Waals surface area contributed by atoms with Crippen LogP contribution in [-0.4, -0.2) is 48.0 Å². The molecule has 23 heavy (non-hydrogen) atoms. The van der Waals surface area contributed by atoms with Crippen molar-refractivity contribution in [2.75, 3.05) is 13.1 Å². The Balaban J connectivity index is 1.66. The average molecular weight is 317 g/mol. The van der Waals surface area contributed by atoms with Gasteiger partial charge in [0.2, 0.25) is 5.91 Å². The minimum absolute atomic E-state index is 0.0359. The van der Waals surface area contributed by atoms with Gasteiger partial charge >= 0.3 is 6.03 Å². The third-order valence-electron chi connectivity index (χ3n) is 4.02. The third kappa shape index (κ3) is 3.50. The molecule has 122 valence electrons. The van der Waals surface area contributed by atoms with E-state index < -0.39 is 18.0 Å². The van der Waals surface area contributed by atoms with Crippen molar-refractivity contribution in [1.82, 2.24) is 15.5 Å². The molecule has 7 nitrogen and oxygen atoms in total. The Kier molecular flexibility index (Phi) is 4.29. The molecule has 2 aliphatic heterocycles. The molecule has 4 amide bonds. The van der Waals surface area contributed by atoms with E-state index in [4.69, 9.17) is 4.74 Å². The van der Waals surface area contributed by atoms with Crippen LogP contribution < -0.4 is 10.6 Å². The molecule has 3 rings (SSSR count). The first-order valence-electron chi connectivity index (χ1n) is 7.62. The van der Waals surface area contributed by atoms with Crippen LogP contribution in [0.5, 0.6) is 0 Å². The summed E-state index contributed by atoms with van der Waals surface area (Å²) in [5.41, 5.74) is 1.02. The third-order valence-corrected chi connectivity index (χ3v) is 4.02. The number of rotatable bonds is 3. The summed E-state index contributed by atoms with van der Waals surface area (Å²) in [5.74, 6) is -0.618. The second-order valence-electron chi connectivity index (χ2n) is 5.86. The van der Waals surface area contributed by atoms with Crippen LogP contribution in [0.3, 0.4) is 0 Å². The Bertz CT molecular complexity index is 619. The molecule has 2 fully saturated rings. The minimum Gasteiger partial charge on any atom is -0.367 e. The van der Waals surface area contributed by atoms with Crippen LogP contribution in [0, 0.1) is 0 Å². The van der Waals surface area contributed by atoms with Gasteiger partial charge in [-0.3, -0.25) is 14.9 Å². The van der Waals surface area contributed by atoms with E-state index in [1.165, 1.54) is 0 Å². The lowest BCUT2D eigenvalue weighted by atomic mass is 10.1. The molecule has 0 saturated carbocycles. The van der Waals surface area contributed by atoms with Gasteiger partial charge in [0, 0.05) is 6.54 Å². The summed E-state index contributed by atoms with van der Waals surface area (Å²) in [6, 6.07) is 8.39. The van der Waals surface area contributed by atoms with Gasteiger partial charge in [0.1, 0.15) is 12.1 Å². The number of nitrogens with zero attached hydrogens (tertiary/aromatic N) is 1. The number of carbonyl (C=O) groups is 3. The molecule has 0 radical (unpaired) electrons. The number of imide groups is 1. The highest BCUT2D eigenvalue weighted by molar-refractivity contribution is 6.05. The summed E-state index contributed by atoms with van der Waals surface area (Å²) < 4.78 is 5.92. The summed E-state index contributed by atoms with van der Waals surface area (Å²) >= 11 is 0. The zero-order valence-electron chi connectivity index (χ0n) is 12.8. The molecular weight excluding hydrogens is 298 g/mol. The fraction of sp³-hybridized carbons (Fsp3) is 0.438. The van der Waals surface area contributed by atoms with Crippen molar-refractivity contribution in [2.45, 2.75) is 31.6 Å². The number of benzene rings is 1. The van der Waals surface area contributed by atoms with Gasteiger partial charge in [0.25, 0.3) is 5.91 Å². The molecule has 2 heterocycles. The van der Waals surface area contributed by atoms with Crippen molar-refractivity contribution in [3.05, 3.63) is 35.9 Å². The average Bonchev–Trinajstić information content (AvgIpc) is 2.85. The monoisotopic (exact) mass is 317 g/mol. The van der Waals surface area contributed by atoms with Crippen molar-refractivity contribution < 1.29 is 19.1 Å². The zero-order valence-corrected chi connectivity index (χ0v) is 12.8. The second kappa shape index (κ2) is 6.37. The Morgan fingerprint density at radius 2 is 2.00 bits per heavy atom. The molecule has 0 spiro atoms. The van der Waals surface area contributed by atoms with E-state index in [1.807, 2.05) is 37.3 Å². The topological polar surface area (TPSA) is 87.7 Å². The molecule has 0 bridgehead atoms. The van der Waals surface area contributed by atoms with Crippen molar-refractivity contribution in [3.63, 3.8) is 0 Å². The van der Waals surface area contributed by atoms with E-state index in [0.717, 1.165) is 5.56 Å². The highest BCUT2D eigenvalue weighted by atomic mass is 16.5. The van der Waals surface area contributed by atoms with E-state index in [-0.39, 0.29) is 24.5 Å². The predicted molar refractivity (Wildman–Crippen MR) is 81.4 cm³/mol. The first kappa shape index (κ1) is 15.5. The number of hydrogen-bond donors (Lipinski definition) is 2. The largest absolute Gasteiger partial charge is 0.367 e. The van der Waals surface area contributed by atoms with Gasteiger partial charge in [-0.15, -0.1) is 0 Å². The molecule has 1 aromatic carbocycles. The highest BCUT2D eigenvalue weighted by Crippen LogP contribution is 2.25. The molecule has 0 unspecified atom stereocenters. The quantitative estimate of drug-likeness (QED) is 0.798. The van der Waals surface area contributed by atoms with Crippen LogP contribution in [0.4, 0.5) is 4.79 Å². The predicted octanol–water partition coefficient (Wildman–Crippen LogP) is 0.573. The van der Waals surface area contributed by atoms with Gasteiger partial charge < -0.3 is 15.0 Å². The SMILES string of the molecule is C[C@@H]1CN(C(=O)C[C@@H]2NC(=O)NC2=O)C[C@@H](c2ccccc2)O1. The molecule has 3 atom stereocenters. The van der Waals surface area contributed by atoms with Crippen LogP contribution in [-0.2, 0) is 14.3 Å². The van der Waals surface area contributed by atoms with Gasteiger partial charge in [-0.05, 0) is 12.5 Å². The Morgan fingerprint density at radius 1 is 1.26 bits per heavy atom. The van der Waals surface area contributed by atoms with Gasteiger partial charge in [0.05, 0.1) is 19.1 Å². The number of hydrogen-bond acceptors (Lipinski definition) is 4. The maximum absolute atomic E-state index is 12.5. The number of amides is 4. The number of ether oxygens (including phenoxy) is 1. The normalized spacial score (nSPS) is 27.5. The molecule has 0 aromatic heterocycles. The first-order valence-corrected chi connectivity index (χ1v) is 7.62. The summed E-state index contributed by atoms with van der Waals surface area (Å²) in [6.07, 6.45) is -0.313. The standard InChI is InChI=1S/C16H19N3O4/c1-10-8-19(9-13(23-10)11-5-3-2-4-6-11)14(20)7-12-15(21)18-16(22)17-12/h2-6,10,12-13H,7-9H2,1H3,(H2,17,18,21,22)/t10-,12+,13+/m1/s1. The molecular formula is C16H19N3O4. The summed E-state index contributed by atoms with van der Waals surface area (Å²) in [4.78, 5) is 36.9. The van der Waals surface area contributed by atoms with Gasteiger partial charge in [0.15, 0.2) is 0 Å². The lowest BCUT2D eigenvalue weighted by Gasteiger charge is -2.37. The summed E-state index contributed by atoms with van der Waals surface area (Å²) in [7, 11) is 0. The van der Waals surface area contributed by atoms with Gasteiger partial charge in [-0.2, -0.15) is 0 Å². The maximum atomic E-state index is 12.5. The van der Waals surface area contributed by atoms with Crippen molar-refractivity contribution >= 4 is 17.8 Å². The Morgan fingerprint density at radius 3 is 2.65 bits per heavy atom. The van der Waals surface area contributed by atoms with Crippen molar-refractivity contribution in [1.29, 1.82) is 0 Å². The minimum atomic E-state index is -0.789. The molecule has 0 aliphatic carbocycles. The zero-order chi connectivity index (χ0) is 16.4. The Labute approximate surface area is 134 Å². The number of morpholine rings is 1. The smallest absolute Gasteiger partial charge is 0.322 e. The maximum Gasteiger partial charge on any atom is 0.322 e. The first-order chi connectivity index (χ1) is 11.0.